The molecule has 0 radical (unpaired) electrons. The van der Waals surface area contributed by atoms with E-state index in [9.17, 15) is 8.42 Å². The Hall–Kier alpha value is -2.28. The summed E-state index contributed by atoms with van der Waals surface area (Å²) in [6.45, 7) is 0.991. The smallest absolute Gasteiger partial charge is 0.218 e. The van der Waals surface area contributed by atoms with Gasteiger partial charge in [0.15, 0.2) is 5.05 Å². The van der Waals surface area contributed by atoms with Crippen molar-refractivity contribution >= 4 is 38.1 Å². The van der Waals surface area contributed by atoms with Crippen molar-refractivity contribution in [2.45, 2.75) is 37.5 Å². The van der Waals surface area contributed by atoms with Crippen LogP contribution in [0.5, 0.6) is 0 Å². The minimum absolute atomic E-state index is 0.00592. The average molecular weight is 454 g/mol. The zero-order valence-electron chi connectivity index (χ0n) is 17.4. The van der Waals surface area contributed by atoms with E-state index in [-0.39, 0.29) is 11.8 Å². The van der Waals surface area contributed by atoms with E-state index in [0.717, 1.165) is 31.2 Å². The van der Waals surface area contributed by atoms with Crippen LogP contribution in [0.2, 0.25) is 0 Å². The largest absolute Gasteiger partial charge is 0.485 e. The van der Waals surface area contributed by atoms with Crippen molar-refractivity contribution in [3.8, 4) is 0 Å². The number of hydrogen-bond acceptors (Lipinski definition) is 4. The minimum Gasteiger partial charge on any atom is -0.485 e. The van der Waals surface area contributed by atoms with E-state index in [1.54, 1.807) is 0 Å². The Kier molecular flexibility index (Phi) is 7.00. The van der Waals surface area contributed by atoms with E-state index in [1.165, 1.54) is 20.6 Å². The van der Waals surface area contributed by atoms with E-state index in [2.05, 4.69) is 36.4 Å². The Labute approximate surface area is 189 Å². The first-order valence-electron chi connectivity index (χ1n) is 10.7. The second-order valence-electron chi connectivity index (χ2n) is 7.92. The Morgan fingerprint density at radius 3 is 2.58 bits per heavy atom. The Bertz CT molecular complexity index is 1140. The molecular weight excluding hydrogens is 426 g/mol. The summed E-state index contributed by atoms with van der Waals surface area (Å²) in [5.41, 5.74) is 2.08. The number of benzene rings is 3. The summed E-state index contributed by atoms with van der Waals surface area (Å²) in [4.78, 5) is 0. The summed E-state index contributed by atoms with van der Waals surface area (Å²) in [5.74, 6) is -0.00592. The van der Waals surface area contributed by atoms with Gasteiger partial charge in [0.25, 0.3) is 0 Å². The highest BCUT2D eigenvalue weighted by Gasteiger charge is 2.37. The van der Waals surface area contributed by atoms with Crippen LogP contribution in [0.25, 0.3) is 10.8 Å². The van der Waals surface area contributed by atoms with Gasteiger partial charge >= 0.3 is 0 Å². The molecule has 3 aromatic rings. The Balaban J connectivity index is 1.32. The van der Waals surface area contributed by atoms with Crippen molar-refractivity contribution in [1.82, 2.24) is 4.31 Å². The second kappa shape index (κ2) is 9.90. The molecule has 0 saturated carbocycles. The number of aryl methyl sites for hydroxylation is 1. The van der Waals surface area contributed by atoms with Gasteiger partial charge in [-0.3, -0.25) is 0 Å². The van der Waals surface area contributed by atoms with Gasteiger partial charge in [-0.2, -0.15) is 4.31 Å². The predicted molar refractivity (Wildman–Crippen MR) is 130 cm³/mol. The summed E-state index contributed by atoms with van der Waals surface area (Å²) in [7, 11) is -3.44. The molecule has 4 rings (SSSR count). The van der Waals surface area contributed by atoms with Gasteiger partial charge in [0.2, 0.25) is 10.0 Å². The Morgan fingerprint density at radius 1 is 1.00 bits per heavy atom. The number of thiocarbonyl (C=S) groups is 1. The summed E-state index contributed by atoms with van der Waals surface area (Å²) in [6.07, 6.45) is 3.25. The molecule has 0 N–H and O–H groups in total. The van der Waals surface area contributed by atoms with Crippen LogP contribution in [0.3, 0.4) is 0 Å². The maximum absolute atomic E-state index is 13.0. The van der Waals surface area contributed by atoms with Gasteiger partial charge in [-0.1, -0.05) is 72.8 Å². The molecule has 1 aliphatic heterocycles. The zero-order chi connectivity index (χ0) is 21.7. The molecule has 31 heavy (non-hydrogen) atoms. The number of fused-ring (bicyclic) bond motifs is 1. The van der Waals surface area contributed by atoms with Crippen LogP contribution in [-0.2, 0) is 26.9 Å². The minimum atomic E-state index is -3.44. The molecule has 1 heterocycles. The van der Waals surface area contributed by atoms with Gasteiger partial charge in [-0.15, -0.1) is 0 Å². The van der Waals surface area contributed by atoms with E-state index < -0.39 is 10.0 Å². The normalized spacial score (nSPS) is 17.1. The van der Waals surface area contributed by atoms with Gasteiger partial charge in [0.05, 0.1) is 18.4 Å². The van der Waals surface area contributed by atoms with Gasteiger partial charge in [0, 0.05) is 6.54 Å². The highest BCUT2D eigenvalue weighted by Crippen LogP contribution is 2.25. The van der Waals surface area contributed by atoms with Crippen molar-refractivity contribution in [1.29, 1.82) is 0 Å². The molecule has 0 spiro atoms. The lowest BCUT2D eigenvalue weighted by molar-refractivity contribution is 0.277. The fourth-order valence-electron chi connectivity index (χ4n) is 4.22. The molecule has 1 aliphatic rings. The van der Waals surface area contributed by atoms with E-state index in [1.807, 2.05) is 36.4 Å². The quantitative estimate of drug-likeness (QED) is 0.351. The van der Waals surface area contributed by atoms with Crippen LogP contribution in [0.15, 0.2) is 72.8 Å². The van der Waals surface area contributed by atoms with Crippen molar-refractivity contribution in [2.75, 3.05) is 13.2 Å². The van der Waals surface area contributed by atoms with Crippen molar-refractivity contribution < 1.29 is 13.2 Å². The van der Waals surface area contributed by atoms with Gasteiger partial charge < -0.3 is 4.74 Å². The van der Waals surface area contributed by atoms with Gasteiger partial charge in [-0.05, 0) is 59.8 Å². The fraction of sp³-hybridized carbons (Fsp3) is 0.320. The number of ether oxygens (including phenoxy) is 1. The SMILES string of the molecule is O=S(=O)(Cc1ccccc1)N1CCC[C@H]1C(=S)OCCCc1cccc2ccccc12. The number of sulfonamides is 1. The monoisotopic (exact) mass is 453 g/mol. The van der Waals surface area contributed by atoms with Crippen LogP contribution in [0, 0.1) is 0 Å². The summed E-state index contributed by atoms with van der Waals surface area (Å²) in [6, 6.07) is 23.6. The molecule has 1 saturated heterocycles. The van der Waals surface area contributed by atoms with Crippen LogP contribution in [0.4, 0.5) is 0 Å². The lowest BCUT2D eigenvalue weighted by atomic mass is 10.0. The molecule has 1 atom stereocenters. The van der Waals surface area contributed by atoms with Crippen molar-refractivity contribution in [2.24, 2.45) is 0 Å². The molecule has 162 valence electrons. The van der Waals surface area contributed by atoms with Crippen molar-refractivity contribution in [3.05, 3.63) is 83.9 Å². The summed E-state index contributed by atoms with van der Waals surface area (Å²) < 4.78 is 33.3. The second-order valence-corrected chi connectivity index (χ2v) is 10.2. The maximum Gasteiger partial charge on any atom is 0.218 e. The third-order valence-electron chi connectivity index (χ3n) is 5.74. The predicted octanol–water partition coefficient (Wildman–Crippen LogP) is 5.11. The molecule has 3 aromatic carbocycles. The lowest BCUT2D eigenvalue weighted by Gasteiger charge is -2.24. The van der Waals surface area contributed by atoms with E-state index in [4.69, 9.17) is 17.0 Å². The van der Waals surface area contributed by atoms with Crippen LogP contribution in [-0.4, -0.2) is 37.0 Å². The molecule has 1 fully saturated rings. The zero-order valence-corrected chi connectivity index (χ0v) is 19.1. The van der Waals surface area contributed by atoms with Gasteiger partial charge in [-0.25, -0.2) is 8.42 Å². The molecule has 0 bridgehead atoms. The number of nitrogens with zero attached hydrogens (tertiary/aromatic N) is 1. The molecule has 0 aromatic heterocycles. The maximum atomic E-state index is 13.0. The number of rotatable bonds is 8. The highest BCUT2D eigenvalue weighted by molar-refractivity contribution is 7.88. The third kappa shape index (κ3) is 5.32. The first kappa shape index (κ1) is 21.9. The Morgan fingerprint density at radius 2 is 1.74 bits per heavy atom. The van der Waals surface area contributed by atoms with Crippen molar-refractivity contribution in [3.63, 3.8) is 0 Å². The molecular formula is C25H27NO3S2. The average Bonchev–Trinajstić information content (AvgIpc) is 3.28. The third-order valence-corrected chi connectivity index (χ3v) is 7.98. The van der Waals surface area contributed by atoms with E-state index in [0.29, 0.717) is 18.2 Å². The molecule has 4 nitrogen and oxygen atoms in total. The van der Waals surface area contributed by atoms with Crippen LogP contribution >= 0.6 is 12.2 Å². The molecule has 0 amide bonds. The fourth-order valence-corrected chi connectivity index (χ4v) is 6.39. The summed E-state index contributed by atoms with van der Waals surface area (Å²) in [5, 5.41) is 2.90. The molecule has 6 heteroatoms. The lowest BCUT2D eigenvalue weighted by Crippen LogP contribution is -2.41. The highest BCUT2D eigenvalue weighted by atomic mass is 32.2. The van der Waals surface area contributed by atoms with E-state index >= 15 is 0 Å². The standard InChI is InChI=1S/C25H27NO3S2/c27-31(28,19-20-9-2-1-3-10-20)26-17-7-16-24(26)25(30)29-18-8-14-22-13-6-12-21-11-4-5-15-23(21)22/h1-6,9-13,15,24H,7-8,14,16-19H2/t24-/m0/s1. The first-order valence-corrected chi connectivity index (χ1v) is 12.7. The van der Waals surface area contributed by atoms with Crippen LogP contribution < -0.4 is 0 Å². The van der Waals surface area contributed by atoms with Gasteiger partial charge in [0.1, 0.15) is 0 Å². The topological polar surface area (TPSA) is 46.6 Å². The van der Waals surface area contributed by atoms with Crippen LogP contribution in [0.1, 0.15) is 30.4 Å². The first-order chi connectivity index (χ1) is 15.0. The molecule has 0 unspecified atom stereocenters. The number of hydrogen-bond donors (Lipinski definition) is 0. The summed E-state index contributed by atoms with van der Waals surface area (Å²) >= 11 is 5.50. The molecule has 0 aliphatic carbocycles.